The molecule has 0 saturated carbocycles. The zero-order valence-electron chi connectivity index (χ0n) is 25.1. The fourth-order valence-electron chi connectivity index (χ4n) is 8.02. The van der Waals surface area contributed by atoms with Gasteiger partial charge in [-0.3, -0.25) is 14.4 Å². The predicted octanol–water partition coefficient (Wildman–Crippen LogP) is 10.5. The summed E-state index contributed by atoms with van der Waals surface area (Å²) in [5, 5.41) is 15.4. The molecule has 0 N–H and O–H groups in total. The number of ketones is 3. The lowest BCUT2D eigenvalue weighted by Crippen LogP contribution is -2.20. The van der Waals surface area contributed by atoms with Gasteiger partial charge in [-0.15, -0.1) is 0 Å². The Morgan fingerprint density at radius 1 is 0.383 bits per heavy atom. The highest BCUT2D eigenvalue weighted by Gasteiger charge is 2.28. The Morgan fingerprint density at radius 3 is 1.49 bits per heavy atom. The minimum atomic E-state index is -0.0641. The molecule has 0 atom stereocenters. The predicted molar refractivity (Wildman–Crippen MR) is 192 cm³/mol. The zero-order valence-corrected chi connectivity index (χ0v) is 25.1. The van der Waals surface area contributed by atoms with Gasteiger partial charge in [0.25, 0.3) is 0 Å². The molecule has 3 nitrogen and oxygen atoms in total. The average molecular weight is 601 g/mol. The monoisotopic (exact) mass is 600 g/mol. The van der Waals surface area contributed by atoms with E-state index in [0.717, 1.165) is 16.5 Å². The molecule has 0 aliphatic heterocycles. The summed E-state index contributed by atoms with van der Waals surface area (Å²) in [7, 11) is 0. The van der Waals surface area contributed by atoms with Crippen molar-refractivity contribution in [2.75, 3.05) is 0 Å². The SMILES string of the molecule is O=C1CC=Cc2c1cc1ccc3cc4c5ccccc5cc5ccc6cc2c1c3c6c54.O=C1c2ccccc2C(=O)c2ccccc21. The summed E-state index contributed by atoms with van der Waals surface area (Å²) < 4.78 is 0. The van der Waals surface area contributed by atoms with Crippen LogP contribution in [0.3, 0.4) is 0 Å². The molecule has 0 radical (unpaired) electrons. The number of allylic oxidation sites excluding steroid dienone is 1. The molecule has 11 rings (SSSR count). The molecule has 0 unspecified atom stereocenters. The van der Waals surface area contributed by atoms with Crippen LogP contribution < -0.4 is 0 Å². The van der Waals surface area contributed by atoms with Crippen LogP contribution in [-0.4, -0.2) is 17.3 Å². The Kier molecular flexibility index (Phi) is 5.22. The lowest BCUT2D eigenvalue weighted by molar-refractivity contribution is 0.0979. The molecule has 9 aromatic carbocycles. The third kappa shape index (κ3) is 3.54. The molecule has 0 spiro atoms. The van der Waals surface area contributed by atoms with Crippen LogP contribution in [-0.2, 0) is 0 Å². The van der Waals surface area contributed by atoms with Gasteiger partial charge in [-0.25, -0.2) is 0 Å². The number of hydrogen-bond acceptors (Lipinski definition) is 3. The first-order valence-electron chi connectivity index (χ1n) is 15.9. The van der Waals surface area contributed by atoms with Gasteiger partial charge in [0.1, 0.15) is 0 Å². The van der Waals surface area contributed by atoms with E-state index in [-0.39, 0.29) is 17.3 Å². The fraction of sp³-hybridized carbons (Fsp3) is 0.0227. The van der Waals surface area contributed by atoms with Gasteiger partial charge in [0.15, 0.2) is 17.3 Å². The Hall–Kier alpha value is -6.19. The Labute approximate surface area is 269 Å². The lowest BCUT2D eigenvalue weighted by atomic mass is 9.82. The van der Waals surface area contributed by atoms with E-state index in [4.69, 9.17) is 0 Å². The van der Waals surface area contributed by atoms with Crippen molar-refractivity contribution in [1.82, 2.24) is 0 Å². The number of Topliss-reactive ketones (excluding diaryl/α,β-unsaturated/α-hetero) is 1. The van der Waals surface area contributed by atoms with E-state index < -0.39 is 0 Å². The highest BCUT2D eigenvalue weighted by Crippen LogP contribution is 2.47. The molecular weight excluding hydrogens is 576 g/mol. The van der Waals surface area contributed by atoms with Crippen LogP contribution >= 0.6 is 0 Å². The summed E-state index contributed by atoms with van der Waals surface area (Å²) in [5.41, 5.74) is 3.96. The summed E-state index contributed by atoms with van der Waals surface area (Å²) in [4.78, 5) is 36.9. The fourth-order valence-corrected chi connectivity index (χ4v) is 8.02. The molecule has 0 amide bonds. The third-order valence-corrected chi connectivity index (χ3v) is 10.1. The number of carbonyl (C=O) groups is 3. The van der Waals surface area contributed by atoms with Crippen LogP contribution in [0, 0.1) is 0 Å². The van der Waals surface area contributed by atoms with Crippen molar-refractivity contribution < 1.29 is 14.4 Å². The standard InChI is InChI=1S/C30H16O.C14H8O2/c31-26-7-3-6-22-23(26)13-18-9-11-19-14-24-21-5-2-1-4-16(21)12-17-8-10-20-15-25(22)28(18)30(19)29(20)27(17)24;15-13-9-5-1-2-6-10(9)14(16)12-8-4-3-7-11(12)13/h1-6,8-15H,7H2;1-8H. The lowest BCUT2D eigenvalue weighted by Gasteiger charge is -2.21. The second-order valence-corrected chi connectivity index (χ2v) is 12.6. The van der Waals surface area contributed by atoms with Gasteiger partial charge in [0, 0.05) is 34.2 Å². The van der Waals surface area contributed by atoms with Gasteiger partial charge >= 0.3 is 0 Å². The van der Waals surface area contributed by atoms with Crippen LogP contribution in [0.15, 0.2) is 127 Å². The Balaban J connectivity index is 0.000000150. The molecule has 2 aliphatic carbocycles. The number of benzene rings is 9. The van der Waals surface area contributed by atoms with Crippen molar-refractivity contribution in [2.24, 2.45) is 0 Å². The Bertz CT molecular complexity index is 2770. The van der Waals surface area contributed by atoms with Crippen molar-refractivity contribution in [1.29, 1.82) is 0 Å². The van der Waals surface area contributed by atoms with Crippen molar-refractivity contribution in [2.45, 2.75) is 6.42 Å². The summed E-state index contributed by atoms with van der Waals surface area (Å²) in [6.07, 6.45) is 4.63. The summed E-state index contributed by atoms with van der Waals surface area (Å²) in [6.45, 7) is 0. The highest BCUT2D eigenvalue weighted by molar-refractivity contribution is 6.39. The van der Waals surface area contributed by atoms with E-state index in [1.807, 2.05) is 6.08 Å². The van der Waals surface area contributed by atoms with Crippen molar-refractivity contribution in [3.63, 3.8) is 0 Å². The molecule has 0 heterocycles. The number of carbonyl (C=O) groups excluding carboxylic acids is 3. The normalized spacial score (nSPS) is 13.9. The molecule has 0 bridgehead atoms. The molecule has 218 valence electrons. The third-order valence-electron chi connectivity index (χ3n) is 10.1. The van der Waals surface area contributed by atoms with E-state index >= 15 is 0 Å². The molecule has 9 aromatic rings. The van der Waals surface area contributed by atoms with Gasteiger partial charge in [-0.05, 0) is 94.5 Å². The maximum Gasteiger partial charge on any atom is 0.194 e. The average Bonchev–Trinajstić information content (AvgIpc) is 3.12. The largest absolute Gasteiger partial charge is 0.294 e. The molecule has 2 aliphatic rings. The van der Waals surface area contributed by atoms with E-state index in [2.05, 4.69) is 78.9 Å². The summed E-state index contributed by atoms with van der Waals surface area (Å²) >= 11 is 0. The van der Waals surface area contributed by atoms with E-state index in [0.29, 0.717) is 28.7 Å². The van der Waals surface area contributed by atoms with Crippen molar-refractivity contribution >= 4 is 88.1 Å². The molecule has 0 saturated heterocycles. The topological polar surface area (TPSA) is 51.2 Å². The van der Waals surface area contributed by atoms with Crippen LogP contribution in [0.2, 0.25) is 0 Å². The molecule has 0 aromatic heterocycles. The van der Waals surface area contributed by atoms with Gasteiger partial charge < -0.3 is 0 Å². The first kappa shape index (κ1) is 26.1. The first-order chi connectivity index (χ1) is 23.1. The molecule has 0 fully saturated rings. The number of fused-ring (bicyclic) bond motifs is 6. The zero-order chi connectivity index (χ0) is 31.4. The summed E-state index contributed by atoms with van der Waals surface area (Å²) in [5.74, 6) is 0.0861. The molecular formula is C44H24O3. The van der Waals surface area contributed by atoms with Crippen molar-refractivity contribution in [3.8, 4) is 0 Å². The minimum absolute atomic E-state index is 0.0641. The number of rotatable bonds is 0. The van der Waals surface area contributed by atoms with E-state index in [9.17, 15) is 14.4 Å². The second-order valence-electron chi connectivity index (χ2n) is 12.6. The quantitative estimate of drug-likeness (QED) is 0.129. The molecule has 47 heavy (non-hydrogen) atoms. The maximum atomic E-state index is 12.7. The van der Waals surface area contributed by atoms with E-state index in [1.165, 1.54) is 59.2 Å². The van der Waals surface area contributed by atoms with Gasteiger partial charge in [-0.1, -0.05) is 109 Å². The van der Waals surface area contributed by atoms with Crippen molar-refractivity contribution in [3.05, 3.63) is 161 Å². The van der Waals surface area contributed by atoms with Crippen LogP contribution in [0.4, 0.5) is 0 Å². The molecule has 3 heteroatoms. The number of hydrogen-bond donors (Lipinski definition) is 0. The minimum Gasteiger partial charge on any atom is -0.294 e. The smallest absolute Gasteiger partial charge is 0.194 e. The second kappa shape index (κ2) is 9.41. The highest BCUT2D eigenvalue weighted by atomic mass is 16.1. The van der Waals surface area contributed by atoms with Gasteiger partial charge in [-0.2, -0.15) is 0 Å². The first-order valence-corrected chi connectivity index (χ1v) is 15.9. The Morgan fingerprint density at radius 2 is 0.872 bits per heavy atom. The van der Waals surface area contributed by atoms with E-state index in [1.54, 1.807) is 48.5 Å². The van der Waals surface area contributed by atoms with Crippen LogP contribution in [0.1, 0.15) is 54.2 Å². The van der Waals surface area contributed by atoms with Crippen LogP contribution in [0.25, 0.3) is 70.7 Å². The van der Waals surface area contributed by atoms with Gasteiger partial charge in [0.05, 0.1) is 0 Å². The van der Waals surface area contributed by atoms with Crippen LogP contribution in [0.5, 0.6) is 0 Å². The maximum absolute atomic E-state index is 12.7. The summed E-state index contributed by atoms with van der Waals surface area (Å²) in [6, 6.07) is 40.6. The van der Waals surface area contributed by atoms with Gasteiger partial charge in [0.2, 0.25) is 0 Å².